The van der Waals surface area contributed by atoms with Crippen LogP contribution in [-0.4, -0.2) is 32.3 Å². The Morgan fingerprint density at radius 1 is 1.05 bits per heavy atom. The third kappa shape index (κ3) is 5.46. The summed E-state index contributed by atoms with van der Waals surface area (Å²) in [7, 11) is -1.98. The zero-order chi connectivity index (χ0) is 15.3. The molecule has 0 aliphatic carbocycles. The normalized spacial score (nSPS) is 13.4. The maximum absolute atomic E-state index is 10.5. The Morgan fingerprint density at radius 2 is 1.76 bits per heavy atom. The molecule has 0 aromatic heterocycles. The van der Waals surface area contributed by atoms with Gasteiger partial charge in [0, 0.05) is 11.3 Å². The first-order chi connectivity index (χ1) is 9.94. The van der Waals surface area contributed by atoms with E-state index in [2.05, 4.69) is 37.4 Å². The van der Waals surface area contributed by atoms with Crippen LogP contribution in [0.5, 0.6) is 0 Å². The molecule has 0 fully saturated rings. The molecule has 2 aromatic rings. The molecule has 21 heavy (non-hydrogen) atoms. The van der Waals surface area contributed by atoms with Crippen LogP contribution in [0.2, 0.25) is 0 Å². The molecule has 0 saturated carbocycles. The predicted molar refractivity (Wildman–Crippen MR) is 83.2 cm³/mol. The number of unbranched alkanes of at least 4 members (excludes halogenated alkanes) is 1. The van der Waals surface area contributed by atoms with E-state index in [4.69, 9.17) is 0 Å². The van der Waals surface area contributed by atoms with Crippen molar-refractivity contribution < 1.29 is 17.9 Å². The Morgan fingerprint density at radius 3 is 2.48 bits per heavy atom. The Hall–Kier alpha value is -1.43. The smallest absolute Gasteiger partial charge is 0.103 e. The second-order valence-corrected chi connectivity index (χ2v) is 7.06. The topological polar surface area (TPSA) is 61.6 Å². The van der Waals surface area contributed by atoms with Crippen molar-refractivity contribution in [1.29, 1.82) is 0 Å². The first-order valence-corrected chi connectivity index (χ1v) is 8.74. The average molecular weight is 307 g/mol. The summed E-state index contributed by atoms with van der Waals surface area (Å²) in [6, 6.07) is 14.7. The van der Waals surface area contributed by atoms with E-state index in [1.165, 1.54) is 21.2 Å². The van der Waals surface area contributed by atoms with Gasteiger partial charge in [-0.05, 0) is 29.7 Å². The van der Waals surface area contributed by atoms with Crippen LogP contribution in [0.1, 0.15) is 18.4 Å². The van der Waals surface area contributed by atoms with Crippen LogP contribution in [0.3, 0.4) is 0 Å². The van der Waals surface area contributed by atoms with E-state index >= 15 is 0 Å². The Labute approximate surface area is 126 Å². The standard InChI is InChI=1S/C16H21NO3S/c1-17(10-4-5-11-21(18,19)20)13-14-8-9-15-6-2-3-7-16(15)12-14/h2-3,6-9,12H,4-5,10-11,13H2,1H3,(H,18,19,20). The molecule has 0 radical (unpaired) electrons. The second kappa shape index (κ2) is 7.02. The molecule has 114 valence electrons. The number of hydrogen-bond acceptors (Lipinski definition) is 3. The van der Waals surface area contributed by atoms with Crippen molar-refractivity contribution in [2.24, 2.45) is 0 Å². The molecule has 1 unspecified atom stereocenters. The number of fused-ring (bicyclic) bond motifs is 1. The van der Waals surface area contributed by atoms with Gasteiger partial charge < -0.3 is 9.45 Å². The molecule has 0 aliphatic rings. The van der Waals surface area contributed by atoms with Gasteiger partial charge in [-0.1, -0.05) is 36.4 Å². The lowest BCUT2D eigenvalue weighted by Gasteiger charge is -2.15. The van der Waals surface area contributed by atoms with Crippen LogP contribution in [0.25, 0.3) is 10.8 Å². The van der Waals surface area contributed by atoms with Crippen LogP contribution in [0.4, 0.5) is 0 Å². The van der Waals surface area contributed by atoms with Gasteiger partial charge in [-0.3, -0.25) is 0 Å². The molecule has 4 nitrogen and oxygen atoms in total. The molecule has 2 rings (SSSR count). The van der Waals surface area contributed by atoms with E-state index < -0.39 is 10.1 Å². The summed E-state index contributed by atoms with van der Waals surface area (Å²) < 4.78 is 31.6. The number of benzene rings is 2. The fourth-order valence-corrected chi connectivity index (χ4v) is 3.05. The molecule has 1 atom stereocenters. The van der Waals surface area contributed by atoms with Crippen molar-refractivity contribution >= 4 is 20.9 Å². The Kier molecular flexibility index (Phi) is 5.33. The number of hydrogen-bond donors (Lipinski definition) is 1. The van der Waals surface area contributed by atoms with Crippen LogP contribution < -0.4 is 4.90 Å². The van der Waals surface area contributed by atoms with Crippen molar-refractivity contribution in [3.8, 4) is 0 Å². The highest BCUT2D eigenvalue weighted by Gasteiger charge is 2.05. The highest BCUT2D eigenvalue weighted by molar-refractivity contribution is 7.85. The highest BCUT2D eigenvalue weighted by Crippen LogP contribution is 2.14. The zero-order valence-corrected chi connectivity index (χ0v) is 13.0. The largest absolute Gasteiger partial charge is 0.748 e. The number of rotatable bonds is 7. The third-order valence-electron chi connectivity index (χ3n) is 3.57. The summed E-state index contributed by atoms with van der Waals surface area (Å²) in [5.74, 6) is -0.254. The zero-order valence-electron chi connectivity index (χ0n) is 12.2. The summed E-state index contributed by atoms with van der Waals surface area (Å²) in [4.78, 5) is 1.31. The number of nitrogens with one attached hydrogen (secondary N) is 1. The molecular weight excluding hydrogens is 286 g/mol. The van der Waals surface area contributed by atoms with Crippen LogP contribution in [-0.2, 0) is 16.7 Å². The minimum atomic E-state index is -4.06. The first-order valence-electron chi connectivity index (χ1n) is 7.16. The first kappa shape index (κ1) is 15.9. The summed E-state index contributed by atoms with van der Waals surface area (Å²) in [5, 5.41) is 2.47. The molecule has 0 saturated heterocycles. The second-order valence-electron chi connectivity index (χ2n) is 5.53. The fourth-order valence-electron chi connectivity index (χ4n) is 2.49. The number of quaternary nitrogens is 1. The monoisotopic (exact) mass is 307 g/mol. The quantitative estimate of drug-likeness (QED) is 0.617. The minimum Gasteiger partial charge on any atom is -0.748 e. The van der Waals surface area contributed by atoms with Crippen molar-refractivity contribution in [2.45, 2.75) is 19.4 Å². The van der Waals surface area contributed by atoms with E-state index in [9.17, 15) is 13.0 Å². The molecule has 0 spiro atoms. The summed E-state index contributed by atoms with van der Waals surface area (Å²) in [6.07, 6.45) is 1.20. The lowest BCUT2D eigenvalue weighted by Crippen LogP contribution is -3.07. The van der Waals surface area contributed by atoms with E-state index in [-0.39, 0.29) is 5.75 Å². The average Bonchev–Trinajstić information content (AvgIpc) is 2.42. The van der Waals surface area contributed by atoms with E-state index in [1.54, 1.807) is 0 Å². The van der Waals surface area contributed by atoms with Crippen molar-refractivity contribution in [3.05, 3.63) is 48.0 Å². The molecule has 0 amide bonds. The maximum Gasteiger partial charge on any atom is 0.103 e. The van der Waals surface area contributed by atoms with Gasteiger partial charge in [-0.25, -0.2) is 8.42 Å². The van der Waals surface area contributed by atoms with E-state index in [0.29, 0.717) is 6.42 Å². The Balaban J connectivity index is 1.85. The fraction of sp³-hybridized carbons (Fsp3) is 0.375. The molecular formula is C16H21NO3S. The predicted octanol–water partition coefficient (Wildman–Crippen LogP) is 1.18. The van der Waals surface area contributed by atoms with E-state index in [0.717, 1.165) is 19.5 Å². The van der Waals surface area contributed by atoms with Crippen molar-refractivity contribution in [2.75, 3.05) is 19.3 Å². The maximum atomic E-state index is 10.5. The molecule has 0 heterocycles. The van der Waals surface area contributed by atoms with Gasteiger partial charge >= 0.3 is 0 Å². The van der Waals surface area contributed by atoms with Crippen molar-refractivity contribution in [1.82, 2.24) is 0 Å². The molecule has 1 N–H and O–H groups in total. The van der Waals surface area contributed by atoms with Gasteiger partial charge in [-0.2, -0.15) is 0 Å². The van der Waals surface area contributed by atoms with Crippen molar-refractivity contribution in [3.63, 3.8) is 0 Å². The molecule has 5 heteroatoms. The van der Waals surface area contributed by atoms with Gasteiger partial charge in [0.1, 0.15) is 6.54 Å². The lowest BCUT2D eigenvalue weighted by molar-refractivity contribution is -0.894. The lowest BCUT2D eigenvalue weighted by atomic mass is 10.1. The van der Waals surface area contributed by atoms with Crippen LogP contribution >= 0.6 is 0 Å². The summed E-state index contributed by atoms with van der Waals surface area (Å²) in [5.41, 5.74) is 1.27. The van der Waals surface area contributed by atoms with Gasteiger partial charge in [0.05, 0.1) is 23.7 Å². The summed E-state index contributed by atoms with van der Waals surface area (Å²) in [6.45, 7) is 1.76. The van der Waals surface area contributed by atoms with Crippen LogP contribution in [0.15, 0.2) is 42.5 Å². The van der Waals surface area contributed by atoms with Gasteiger partial charge in [0.15, 0.2) is 0 Å². The Bertz CT molecular complexity index is 697. The highest BCUT2D eigenvalue weighted by atomic mass is 32.2. The van der Waals surface area contributed by atoms with Crippen LogP contribution in [0, 0.1) is 0 Å². The van der Waals surface area contributed by atoms with E-state index in [1.807, 2.05) is 12.1 Å². The SMILES string of the molecule is C[NH+](CCCCS(=O)(=O)[O-])Cc1ccc2ccccc2c1. The molecule has 0 bridgehead atoms. The molecule has 2 aromatic carbocycles. The third-order valence-corrected chi connectivity index (χ3v) is 4.36. The van der Waals surface area contributed by atoms with Gasteiger partial charge in [0.25, 0.3) is 0 Å². The van der Waals surface area contributed by atoms with Gasteiger partial charge in [-0.15, -0.1) is 0 Å². The summed E-state index contributed by atoms with van der Waals surface area (Å²) >= 11 is 0. The molecule has 0 aliphatic heterocycles. The minimum absolute atomic E-state index is 0.254. The van der Waals surface area contributed by atoms with Gasteiger partial charge in [0.2, 0.25) is 0 Å².